The predicted molar refractivity (Wildman–Crippen MR) is 96.2 cm³/mol. The number of alkyl halides is 3. The van der Waals surface area contributed by atoms with E-state index in [0.717, 1.165) is 12.1 Å². The lowest BCUT2D eigenvalue weighted by atomic mass is 10.2. The third-order valence-electron chi connectivity index (χ3n) is 3.44. The van der Waals surface area contributed by atoms with E-state index in [2.05, 4.69) is 20.6 Å². The Hall–Kier alpha value is -2.80. The van der Waals surface area contributed by atoms with Crippen LogP contribution >= 0.6 is 11.6 Å². The number of aryl methyl sites for hydroxylation is 1. The van der Waals surface area contributed by atoms with Gasteiger partial charge in [0.15, 0.2) is 0 Å². The Morgan fingerprint density at radius 1 is 0.923 bits per heavy atom. The van der Waals surface area contributed by atoms with E-state index in [0.29, 0.717) is 22.2 Å². The van der Waals surface area contributed by atoms with Crippen LogP contribution in [0.2, 0.25) is 5.02 Å². The Labute approximate surface area is 153 Å². The minimum atomic E-state index is -4.41. The van der Waals surface area contributed by atoms with E-state index in [4.69, 9.17) is 11.6 Å². The van der Waals surface area contributed by atoms with Gasteiger partial charge in [0.1, 0.15) is 5.82 Å². The van der Waals surface area contributed by atoms with Gasteiger partial charge in [0, 0.05) is 17.4 Å². The largest absolute Gasteiger partial charge is 0.416 e. The molecule has 1 aromatic heterocycles. The summed E-state index contributed by atoms with van der Waals surface area (Å²) in [7, 11) is 0. The second-order valence-electron chi connectivity index (χ2n) is 5.53. The van der Waals surface area contributed by atoms with Crippen LogP contribution in [0.4, 0.5) is 36.3 Å². The summed E-state index contributed by atoms with van der Waals surface area (Å²) in [6, 6.07) is 13.7. The monoisotopic (exact) mass is 378 g/mol. The number of nitrogens with one attached hydrogen (secondary N) is 2. The Morgan fingerprint density at radius 3 is 2.42 bits per heavy atom. The van der Waals surface area contributed by atoms with Crippen molar-refractivity contribution in [2.75, 3.05) is 10.6 Å². The molecule has 0 unspecified atom stereocenters. The first-order valence-corrected chi connectivity index (χ1v) is 8.00. The summed E-state index contributed by atoms with van der Waals surface area (Å²) in [6.45, 7) is 1.76. The van der Waals surface area contributed by atoms with Crippen LogP contribution in [0.3, 0.4) is 0 Å². The third kappa shape index (κ3) is 4.43. The van der Waals surface area contributed by atoms with E-state index >= 15 is 0 Å². The van der Waals surface area contributed by atoms with Gasteiger partial charge in [-0.05, 0) is 37.3 Å². The molecule has 0 bridgehead atoms. The topological polar surface area (TPSA) is 49.8 Å². The van der Waals surface area contributed by atoms with Gasteiger partial charge in [-0.25, -0.2) is 4.98 Å². The van der Waals surface area contributed by atoms with E-state index in [9.17, 15) is 13.2 Å². The van der Waals surface area contributed by atoms with Crippen LogP contribution in [0.5, 0.6) is 0 Å². The molecule has 8 heteroatoms. The fraction of sp³-hybridized carbons (Fsp3) is 0.111. The zero-order chi connectivity index (χ0) is 18.7. The van der Waals surface area contributed by atoms with Crippen LogP contribution in [-0.2, 0) is 6.18 Å². The number of rotatable bonds is 4. The molecule has 3 rings (SSSR count). The number of anilines is 4. The van der Waals surface area contributed by atoms with Crippen LogP contribution < -0.4 is 10.6 Å². The fourth-order valence-electron chi connectivity index (χ4n) is 2.29. The molecule has 0 saturated carbocycles. The highest BCUT2D eigenvalue weighted by Crippen LogP contribution is 2.31. The number of nitrogens with zero attached hydrogens (tertiary/aromatic N) is 2. The molecule has 3 aromatic rings. The number of para-hydroxylation sites is 1. The maximum atomic E-state index is 12.8. The molecule has 0 radical (unpaired) electrons. The molecule has 2 N–H and O–H groups in total. The molecule has 4 nitrogen and oxygen atoms in total. The summed E-state index contributed by atoms with van der Waals surface area (Å²) >= 11 is 6.10. The average molecular weight is 379 g/mol. The zero-order valence-corrected chi connectivity index (χ0v) is 14.4. The van der Waals surface area contributed by atoms with E-state index in [1.165, 1.54) is 12.1 Å². The van der Waals surface area contributed by atoms with Crippen molar-refractivity contribution < 1.29 is 13.2 Å². The highest BCUT2D eigenvalue weighted by molar-refractivity contribution is 6.33. The Balaban J connectivity index is 1.85. The van der Waals surface area contributed by atoms with Crippen molar-refractivity contribution >= 4 is 34.7 Å². The van der Waals surface area contributed by atoms with Gasteiger partial charge in [-0.1, -0.05) is 29.8 Å². The van der Waals surface area contributed by atoms with Crippen LogP contribution in [0.25, 0.3) is 0 Å². The normalized spacial score (nSPS) is 11.3. The number of benzene rings is 2. The van der Waals surface area contributed by atoms with E-state index in [1.54, 1.807) is 31.2 Å². The van der Waals surface area contributed by atoms with Crippen molar-refractivity contribution in [3.05, 3.63) is 70.9 Å². The lowest BCUT2D eigenvalue weighted by Crippen LogP contribution is -2.06. The highest BCUT2D eigenvalue weighted by atomic mass is 35.5. The quantitative estimate of drug-likeness (QED) is 0.589. The molecular formula is C18H14ClF3N4. The molecule has 0 saturated heterocycles. The molecule has 0 fully saturated rings. The molecule has 0 spiro atoms. The average Bonchev–Trinajstić information content (AvgIpc) is 2.56. The summed E-state index contributed by atoms with van der Waals surface area (Å²) < 4.78 is 38.5. The second-order valence-corrected chi connectivity index (χ2v) is 5.93. The number of aromatic nitrogens is 2. The standard InChI is InChI=1S/C18H14ClF3N4/c1-11-9-16(24-13-6-4-5-12(10-13)18(20,21)22)26-17(23-11)25-15-8-3-2-7-14(15)19/h2-10H,1H3,(H2,23,24,25,26). The Kier molecular flexibility index (Phi) is 4.99. The maximum absolute atomic E-state index is 12.8. The summed E-state index contributed by atoms with van der Waals surface area (Å²) in [6.07, 6.45) is -4.41. The summed E-state index contributed by atoms with van der Waals surface area (Å²) in [5.41, 5.74) is 0.818. The van der Waals surface area contributed by atoms with Gasteiger partial charge >= 0.3 is 6.18 Å². The second kappa shape index (κ2) is 7.21. The first-order chi connectivity index (χ1) is 12.3. The van der Waals surface area contributed by atoms with Gasteiger partial charge in [-0.15, -0.1) is 0 Å². The molecule has 134 valence electrons. The van der Waals surface area contributed by atoms with Gasteiger partial charge in [-0.2, -0.15) is 18.2 Å². The summed E-state index contributed by atoms with van der Waals surface area (Å²) in [5.74, 6) is 0.652. The van der Waals surface area contributed by atoms with Crippen LogP contribution in [0.15, 0.2) is 54.6 Å². The van der Waals surface area contributed by atoms with E-state index < -0.39 is 11.7 Å². The Morgan fingerprint density at radius 2 is 1.69 bits per heavy atom. The van der Waals surface area contributed by atoms with E-state index in [-0.39, 0.29) is 11.6 Å². The van der Waals surface area contributed by atoms with Crippen molar-refractivity contribution in [1.82, 2.24) is 9.97 Å². The first-order valence-electron chi connectivity index (χ1n) is 7.63. The van der Waals surface area contributed by atoms with Gasteiger partial charge in [0.2, 0.25) is 5.95 Å². The Bertz CT molecular complexity index is 928. The van der Waals surface area contributed by atoms with Gasteiger partial charge in [0.25, 0.3) is 0 Å². The minimum Gasteiger partial charge on any atom is -0.340 e. The first kappa shape index (κ1) is 18.0. The number of hydrogen-bond donors (Lipinski definition) is 2. The molecule has 0 aliphatic rings. The number of halogens is 4. The minimum absolute atomic E-state index is 0.279. The lowest BCUT2D eigenvalue weighted by molar-refractivity contribution is -0.137. The predicted octanol–water partition coefficient (Wildman–Crippen LogP) is 5.94. The van der Waals surface area contributed by atoms with Crippen LogP contribution in [0, 0.1) is 6.92 Å². The highest BCUT2D eigenvalue weighted by Gasteiger charge is 2.30. The van der Waals surface area contributed by atoms with Crippen molar-refractivity contribution in [2.24, 2.45) is 0 Å². The molecular weight excluding hydrogens is 365 g/mol. The molecule has 0 aliphatic carbocycles. The molecule has 26 heavy (non-hydrogen) atoms. The smallest absolute Gasteiger partial charge is 0.340 e. The van der Waals surface area contributed by atoms with E-state index in [1.807, 2.05) is 6.07 Å². The molecule has 2 aromatic carbocycles. The van der Waals surface area contributed by atoms with Crippen LogP contribution in [0.1, 0.15) is 11.3 Å². The summed E-state index contributed by atoms with van der Waals surface area (Å²) in [5, 5.41) is 6.38. The molecule has 0 atom stereocenters. The fourth-order valence-corrected chi connectivity index (χ4v) is 2.48. The number of hydrogen-bond acceptors (Lipinski definition) is 4. The van der Waals surface area contributed by atoms with Crippen molar-refractivity contribution in [1.29, 1.82) is 0 Å². The SMILES string of the molecule is Cc1cc(Nc2cccc(C(F)(F)F)c2)nc(Nc2ccccc2Cl)n1. The molecule has 0 amide bonds. The van der Waals surface area contributed by atoms with Gasteiger partial charge in [-0.3, -0.25) is 0 Å². The van der Waals surface area contributed by atoms with Gasteiger partial charge in [0.05, 0.1) is 16.3 Å². The van der Waals surface area contributed by atoms with Crippen molar-refractivity contribution in [3.8, 4) is 0 Å². The third-order valence-corrected chi connectivity index (χ3v) is 3.77. The zero-order valence-electron chi connectivity index (χ0n) is 13.6. The molecule has 0 aliphatic heterocycles. The van der Waals surface area contributed by atoms with Crippen LogP contribution in [-0.4, -0.2) is 9.97 Å². The lowest BCUT2D eigenvalue weighted by Gasteiger charge is -2.12. The van der Waals surface area contributed by atoms with Crippen molar-refractivity contribution in [2.45, 2.75) is 13.1 Å². The maximum Gasteiger partial charge on any atom is 0.416 e. The summed E-state index contributed by atoms with van der Waals surface area (Å²) in [4.78, 5) is 8.55. The molecule has 1 heterocycles. The van der Waals surface area contributed by atoms with Crippen molar-refractivity contribution in [3.63, 3.8) is 0 Å². The van der Waals surface area contributed by atoms with Gasteiger partial charge < -0.3 is 10.6 Å².